The monoisotopic (exact) mass is 1360 g/mol. The number of carbonyl (C=O) groups excluding carboxylic acids is 3. The van der Waals surface area contributed by atoms with Crippen LogP contribution in [0.1, 0.15) is 93.7 Å². The van der Waals surface area contributed by atoms with Crippen LogP contribution in [0.4, 0.5) is 66.5 Å². The maximum absolute atomic E-state index is 14.2. The number of benzene rings is 4. The summed E-state index contributed by atoms with van der Waals surface area (Å²) in [4.78, 5) is 80.7. The van der Waals surface area contributed by atoms with Crippen LogP contribution in [-0.2, 0) is 16.2 Å². The van der Waals surface area contributed by atoms with Gasteiger partial charge in [0.1, 0.15) is 34.8 Å². The summed E-state index contributed by atoms with van der Waals surface area (Å²) in [5.41, 5.74) is 5.88. The van der Waals surface area contributed by atoms with Gasteiger partial charge in [0.25, 0.3) is 0 Å². The number of rotatable bonds is 7. The number of likely N-dealkylation sites (tertiary alicyclic amines) is 3. The molecule has 9 aliphatic heterocycles. The smallest absolute Gasteiger partial charge is 0.323 e. The molecule has 6 aromatic rings. The van der Waals surface area contributed by atoms with Crippen molar-refractivity contribution in [3.05, 3.63) is 150 Å². The second-order valence-electron chi connectivity index (χ2n) is 29.3. The molecule has 20 nitrogen and oxygen atoms in total. The molecule has 3 spiro atoms. The molecule has 0 N–H and O–H groups in total. The SMILES string of the molecule is CN(C)C(=O)N1CC2(CCN(C3CCN(c4cnccn4)CC3)CC2)c2cc(F)ccc21.CN(C)C(=O)N1CC2(CCN(C3CCN(c4ncccn4)CC3)CC2)c2cc(F)ccc21.COc1ccc(F)cc1N1CCC(N2CCC3(CC2)CN(C(=O)N(C)C)c2ccc(F)cc23)CC1. The first-order valence-electron chi connectivity index (χ1n) is 35.4. The molecule has 0 atom stereocenters. The fourth-order valence-electron chi connectivity index (χ4n) is 17.6. The Labute approximate surface area is 580 Å². The molecular formula is C75H96F4N16O4. The number of fused-ring (bicyclic) bond motifs is 6. The second kappa shape index (κ2) is 29.1. The van der Waals surface area contributed by atoms with E-state index in [1.165, 1.54) is 24.3 Å². The minimum Gasteiger partial charge on any atom is -0.495 e. The predicted octanol–water partition coefficient (Wildman–Crippen LogP) is 10.7. The summed E-state index contributed by atoms with van der Waals surface area (Å²) in [5.74, 6) is 1.54. The second-order valence-corrected chi connectivity index (χ2v) is 29.3. The van der Waals surface area contributed by atoms with E-state index in [2.05, 4.69) is 49.3 Å². The standard InChI is InChI=1S/C27H34F2N4O2.2C24H31FN6O/c1-30(2)26(34)33-18-27(22-16-19(28)4-6-23(22)33)10-14-31(15-11-27)21-8-12-32(13-9-21)24-17-20(29)5-7-25(24)35-3;1-28(2)23(32)31-17-24(20-16-18(25)4-5-21(20)31)8-14-29(15-9-24)19-6-12-30(13-7-19)22-26-10-3-11-27-22;1-28(2)23(32)31-17-24(20-15-18(25)3-4-21(20)31)7-13-29(14-8-24)19-5-11-30(12-6-19)22-16-26-9-10-27-22/h4-7,16-17,21H,8-15,18H2,1-3H3;3-5,10-11,16,19H,6-9,12-15,17H2,1-2H3;3-4,9-10,15-16,19H,5-8,11-14,17H2,1-2H3. The van der Waals surface area contributed by atoms with E-state index < -0.39 is 0 Å². The number of anilines is 6. The summed E-state index contributed by atoms with van der Waals surface area (Å²) >= 11 is 0. The van der Waals surface area contributed by atoms with E-state index in [-0.39, 0.29) is 57.6 Å². The fourth-order valence-corrected chi connectivity index (χ4v) is 17.6. The number of carbonyl (C=O) groups is 3. The lowest BCUT2D eigenvalue weighted by Gasteiger charge is -2.45. The molecule has 2 aromatic heterocycles. The van der Waals surface area contributed by atoms with Crippen LogP contribution in [-0.4, -0.2) is 233 Å². The number of hydrogen-bond acceptors (Lipinski definition) is 14. The van der Waals surface area contributed by atoms with E-state index in [9.17, 15) is 31.9 Å². The Bertz CT molecular complexity index is 3650. The third-order valence-corrected chi connectivity index (χ3v) is 23.1. The van der Waals surface area contributed by atoms with Gasteiger partial charge in [-0.15, -0.1) is 0 Å². The van der Waals surface area contributed by atoms with Crippen molar-refractivity contribution in [3.63, 3.8) is 0 Å². The van der Waals surface area contributed by atoms with E-state index in [0.717, 1.165) is 207 Å². The lowest BCUT2D eigenvalue weighted by molar-refractivity contribution is 0.104. The lowest BCUT2D eigenvalue weighted by Crippen LogP contribution is -2.52. The molecule has 24 heteroatoms. The van der Waals surface area contributed by atoms with Gasteiger partial charge in [0.05, 0.1) is 19.0 Å². The summed E-state index contributed by atoms with van der Waals surface area (Å²) < 4.78 is 61.9. The Balaban J connectivity index is 0.000000134. The molecule has 6 amide bonds. The van der Waals surface area contributed by atoms with Gasteiger partial charge in [-0.1, -0.05) is 0 Å². The van der Waals surface area contributed by atoms with Gasteiger partial charge >= 0.3 is 18.1 Å². The Morgan fingerprint density at radius 2 is 0.778 bits per heavy atom. The Hall–Kier alpha value is -8.35. The van der Waals surface area contributed by atoms with Gasteiger partial charge in [-0.3, -0.25) is 19.7 Å². The van der Waals surface area contributed by atoms with Gasteiger partial charge < -0.3 is 48.8 Å². The van der Waals surface area contributed by atoms with Crippen LogP contribution in [0.3, 0.4) is 0 Å². The van der Waals surface area contributed by atoms with Crippen LogP contribution < -0.4 is 34.1 Å². The topological polar surface area (TPSA) is 151 Å². The first-order valence-corrected chi connectivity index (χ1v) is 35.4. The molecular weight excluding hydrogens is 1260 g/mol. The van der Waals surface area contributed by atoms with E-state index in [1.807, 2.05) is 27.0 Å². The highest BCUT2D eigenvalue weighted by Gasteiger charge is 2.51. The van der Waals surface area contributed by atoms with E-state index >= 15 is 0 Å². The zero-order chi connectivity index (χ0) is 69.3. The number of urea groups is 3. The summed E-state index contributed by atoms with van der Waals surface area (Å²) in [6.07, 6.45) is 20.9. The first-order chi connectivity index (χ1) is 47.7. The predicted molar refractivity (Wildman–Crippen MR) is 379 cm³/mol. The zero-order valence-electron chi connectivity index (χ0n) is 58.5. The van der Waals surface area contributed by atoms with Crippen LogP contribution >= 0.6 is 0 Å². The van der Waals surface area contributed by atoms with Gasteiger partial charge in [0.15, 0.2) is 0 Å². The van der Waals surface area contributed by atoms with Crippen molar-refractivity contribution >= 4 is 52.6 Å². The average Bonchev–Trinajstić information content (AvgIpc) is 1.60. The molecule has 6 saturated heterocycles. The van der Waals surface area contributed by atoms with E-state index in [4.69, 9.17) is 4.74 Å². The number of aromatic nitrogens is 4. The molecule has 0 unspecified atom stereocenters. The summed E-state index contributed by atoms with van der Waals surface area (Å²) in [6, 6.07) is 22.6. The molecule has 4 aromatic carbocycles. The number of methoxy groups -OCH3 is 1. The highest BCUT2D eigenvalue weighted by atomic mass is 19.1. The molecule has 528 valence electrons. The van der Waals surface area contributed by atoms with E-state index in [0.29, 0.717) is 43.5 Å². The molecule has 0 bridgehead atoms. The van der Waals surface area contributed by atoms with Crippen molar-refractivity contribution in [2.24, 2.45) is 0 Å². The number of nitrogens with zero attached hydrogens (tertiary/aromatic N) is 16. The van der Waals surface area contributed by atoms with Crippen molar-refractivity contribution in [2.45, 2.75) is 111 Å². The van der Waals surface area contributed by atoms with Gasteiger partial charge in [0.2, 0.25) is 5.95 Å². The normalized spacial score (nSPS) is 20.8. The van der Waals surface area contributed by atoms with Gasteiger partial charge in [0, 0.05) is 183 Å². The van der Waals surface area contributed by atoms with Crippen molar-refractivity contribution in [1.29, 1.82) is 0 Å². The van der Waals surface area contributed by atoms with Crippen molar-refractivity contribution in [1.82, 2.24) is 49.3 Å². The van der Waals surface area contributed by atoms with Crippen LogP contribution in [0.5, 0.6) is 5.75 Å². The van der Waals surface area contributed by atoms with Crippen LogP contribution in [0.2, 0.25) is 0 Å². The quantitative estimate of drug-likeness (QED) is 0.139. The van der Waals surface area contributed by atoms with Gasteiger partial charge in [-0.05, 0) is 206 Å². The minimum atomic E-state index is -0.251. The van der Waals surface area contributed by atoms with Crippen LogP contribution in [0.15, 0.2) is 110 Å². The summed E-state index contributed by atoms with van der Waals surface area (Å²) in [6.45, 7) is 13.3. The Kier molecular flexibility index (Phi) is 20.3. The van der Waals surface area contributed by atoms with Crippen molar-refractivity contribution in [3.8, 4) is 5.75 Å². The van der Waals surface area contributed by atoms with Gasteiger partial charge in [-0.2, -0.15) is 0 Å². The third kappa shape index (κ3) is 14.1. The Morgan fingerprint density at radius 1 is 0.424 bits per heavy atom. The van der Waals surface area contributed by atoms with Crippen LogP contribution in [0.25, 0.3) is 0 Å². The number of amides is 6. The molecule has 6 fully saturated rings. The number of ether oxygens (including phenoxy) is 1. The zero-order valence-corrected chi connectivity index (χ0v) is 58.5. The molecule has 0 saturated carbocycles. The molecule has 9 aliphatic rings. The number of halogens is 4. The highest BCUT2D eigenvalue weighted by Crippen LogP contribution is 2.51. The maximum atomic E-state index is 14.2. The molecule has 99 heavy (non-hydrogen) atoms. The fraction of sp³-hybridized carbons (Fsp3) is 0.533. The minimum absolute atomic E-state index is 0.0338. The third-order valence-electron chi connectivity index (χ3n) is 23.1. The van der Waals surface area contributed by atoms with Crippen molar-refractivity contribution in [2.75, 3.05) is 177 Å². The molecule has 0 radical (unpaired) electrons. The molecule has 11 heterocycles. The van der Waals surface area contributed by atoms with E-state index in [1.54, 1.807) is 137 Å². The van der Waals surface area contributed by atoms with Crippen molar-refractivity contribution < 1.29 is 36.7 Å². The first kappa shape index (κ1) is 69.1. The highest BCUT2D eigenvalue weighted by molar-refractivity contribution is 5.96. The summed E-state index contributed by atoms with van der Waals surface area (Å²) in [7, 11) is 12.2. The van der Waals surface area contributed by atoms with Crippen LogP contribution in [0, 0.1) is 23.3 Å². The molecule has 15 rings (SSSR count). The molecule has 0 aliphatic carbocycles. The Morgan fingerprint density at radius 3 is 1.13 bits per heavy atom. The maximum Gasteiger partial charge on any atom is 0.323 e. The number of piperidine rings is 6. The number of hydrogen-bond donors (Lipinski definition) is 0. The van der Waals surface area contributed by atoms with Gasteiger partial charge in [-0.25, -0.2) is 46.9 Å². The lowest BCUT2D eigenvalue weighted by atomic mass is 9.74. The summed E-state index contributed by atoms with van der Waals surface area (Å²) in [5, 5.41) is 0. The largest absolute Gasteiger partial charge is 0.495 e. The average molecular weight is 1360 g/mol.